The Bertz CT molecular complexity index is 425. The molecule has 1 rings (SSSR count). The van der Waals surface area contributed by atoms with Crippen LogP contribution in [-0.2, 0) is 9.53 Å². The highest BCUT2D eigenvalue weighted by molar-refractivity contribution is 6.34. The molecule has 1 aromatic rings. The van der Waals surface area contributed by atoms with Crippen LogP contribution in [0.4, 0.5) is 4.39 Å². The van der Waals surface area contributed by atoms with Gasteiger partial charge in [0.15, 0.2) is 5.78 Å². The normalized spacial score (nSPS) is 12.0. The minimum Gasteiger partial charge on any atom is -0.469 e. The molecule has 0 spiro atoms. The van der Waals surface area contributed by atoms with Gasteiger partial charge in [-0.15, -0.1) is 0 Å². The molecule has 0 aliphatic heterocycles. The maximum Gasteiger partial charge on any atom is 0.308 e. The van der Waals surface area contributed by atoms with Crippen LogP contribution in [0.5, 0.6) is 0 Å². The molecule has 1 atom stereocenters. The van der Waals surface area contributed by atoms with Gasteiger partial charge in [-0.3, -0.25) is 9.59 Å². The SMILES string of the molecule is COC(=O)C(C)CC(=O)c1c(F)cccc1Cl. The molecule has 1 unspecified atom stereocenters. The Labute approximate surface area is 104 Å². The van der Waals surface area contributed by atoms with Crippen molar-refractivity contribution in [3.05, 3.63) is 34.6 Å². The van der Waals surface area contributed by atoms with E-state index in [2.05, 4.69) is 4.74 Å². The van der Waals surface area contributed by atoms with E-state index in [0.29, 0.717) is 0 Å². The summed E-state index contributed by atoms with van der Waals surface area (Å²) in [6.45, 7) is 1.54. The summed E-state index contributed by atoms with van der Waals surface area (Å²) in [5.74, 6) is -2.32. The van der Waals surface area contributed by atoms with Gasteiger partial charge >= 0.3 is 5.97 Å². The number of hydrogen-bond acceptors (Lipinski definition) is 3. The van der Waals surface area contributed by atoms with E-state index in [-0.39, 0.29) is 17.0 Å². The van der Waals surface area contributed by atoms with E-state index in [1.807, 2.05) is 0 Å². The number of ketones is 1. The molecule has 0 radical (unpaired) electrons. The van der Waals surface area contributed by atoms with E-state index in [9.17, 15) is 14.0 Å². The smallest absolute Gasteiger partial charge is 0.308 e. The van der Waals surface area contributed by atoms with Crippen molar-refractivity contribution in [2.45, 2.75) is 13.3 Å². The molecule has 5 heteroatoms. The molecule has 1 aromatic carbocycles. The second-order valence-electron chi connectivity index (χ2n) is 3.65. The fourth-order valence-corrected chi connectivity index (χ4v) is 1.70. The molecule has 0 saturated heterocycles. The first kappa shape index (κ1) is 13.6. The second-order valence-corrected chi connectivity index (χ2v) is 4.06. The van der Waals surface area contributed by atoms with Crippen molar-refractivity contribution in [2.24, 2.45) is 5.92 Å². The summed E-state index contributed by atoms with van der Waals surface area (Å²) in [4.78, 5) is 22.9. The summed E-state index contributed by atoms with van der Waals surface area (Å²) in [5, 5.41) is 0.0482. The van der Waals surface area contributed by atoms with Gasteiger partial charge in [0.2, 0.25) is 0 Å². The van der Waals surface area contributed by atoms with E-state index >= 15 is 0 Å². The molecule has 0 bridgehead atoms. The molecule has 17 heavy (non-hydrogen) atoms. The van der Waals surface area contributed by atoms with Crippen molar-refractivity contribution in [2.75, 3.05) is 7.11 Å². The number of rotatable bonds is 4. The lowest BCUT2D eigenvalue weighted by Crippen LogP contribution is -2.17. The summed E-state index contributed by atoms with van der Waals surface area (Å²) < 4.78 is 17.9. The predicted octanol–water partition coefficient (Wildman–Crippen LogP) is 2.86. The first-order chi connectivity index (χ1) is 7.97. The first-order valence-electron chi connectivity index (χ1n) is 5.02. The highest BCUT2D eigenvalue weighted by atomic mass is 35.5. The zero-order valence-electron chi connectivity index (χ0n) is 9.50. The van der Waals surface area contributed by atoms with Crippen molar-refractivity contribution in [3.8, 4) is 0 Å². The van der Waals surface area contributed by atoms with Crippen LogP contribution in [0.1, 0.15) is 23.7 Å². The van der Waals surface area contributed by atoms with Crippen molar-refractivity contribution < 1.29 is 18.7 Å². The summed E-state index contributed by atoms with van der Waals surface area (Å²) in [6, 6.07) is 4.00. The minimum atomic E-state index is -0.681. The maximum atomic E-state index is 13.4. The van der Waals surface area contributed by atoms with Crippen LogP contribution in [0, 0.1) is 11.7 Å². The van der Waals surface area contributed by atoms with Gasteiger partial charge in [0, 0.05) is 6.42 Å². The zero-order chi connectivity index (χ0) is 13.0. The van der Waals surface area contributed by atoms with Crippen molar-refractivity contribution in [3.63, 3.8) is 0 Å². The quantitative estimate of drug-likeness (QED) is 0.616. The summed E-state index contributed by atoms with van der Waals surface area (Å²) in [6.07, 6.45) is -0.132. The number of carbonyl (C=O) groups is 2. The summed E-state index contributed by atoms with van der Waals surface area (Å²) in [5.41, 5.74) is -0.176. The largest absolute Gasteiger partial charge is 0.469 e. The van der Waals surface area contributed by atoms with Crippen LogP contribution in [0.15, 0.2) is 18.2 Å². The molecule has 0 saturated carbocycles. The predicted molar refractivity (Wildman–Crippen MR) is 61.5 cm³/mol. The minimum absolute atomic E-state index is 0.0482. The number of methoxy groups -OCH3 is 1. The number of esters is 1. The average molecular weight is 259 g/mol. The highest BCUT2D eigenvalue weighted by Crippen LogP contribution is 2.22. The topological polar surface area (TPSA) is 43.4 Å². The highest BCUT2D eigenvalue weighted by Gasteiger charge is 2.22. The standard InChI is InChI=1S/C12H12ClFO3/c1-7(12(16)17-2)6-10(15)11-8(13)4-3-5-9(11)14/h3-5,7H,6H2,1-2H3. The number of benzene rings is 1. The molecule has 0 aliphatic rings. The van der Waals surface area contributed by atoms with E-state index in [0.717, 1.165) is 6.07 Å². The second kappa shape index (κ2) is 5.77. The number of carbonyl (C=O) groups excluding carboxylic acids is 2. The van der Waals surface area contributed by atoms with Gasteiger partial charge in [0.05, 0.1) is 23.6 Å². The van der Waals surface area contributed by atoms with Crippen molar-refractivity contribution in [1.82, 2.24) is 0 Å². The number of halogens is 2. The fraction of sp³-hybridized carbons (Fsp3) is 0.333. The Morgan fingerprint density at radius 2 is 2.12 bits per heavy atom. The Hall–Kier alpha value is -1.42. The number of hydrogen-bond donors (Lipinski definition) is 0. The average Bonchev–Trinajstić information content (AvgIpc) is 2.27. The molecule has 0 fully saturated rings. The van der Waals surface area contributed by atoms with Crippen LogP contribution >= 0.6 is 11.6 Å². The van der Waals surface area contributed by atoms with Crippen molar-refractivity contribution in [1.29, 1.82) is 0 Å². The monoisotopic (exact) mass is 258 g/mol. The molecule has 0 aliphatic carbocycles. The number of ether oxygens (including phenoxy) is 1. The van der Waals surface area contributed by atoms with Gasteiger partial charge < -0.3 is 4.74 Å². The van der Waals surface area contributed by atoms with Crippen LogP contribution in [0.3, 0.4) is 0 Å². The van der Waals surface area contributed by atoms with Crippen LogP contribution in [0.2, 0.25) is 5.02 Å². The van der Waals surface area contributed by atoms with Crippen LogP contribution in [0.25, 0.3) is 0 Å². The van der Waals surface area contributed by atoms with Crippen LogP contribution in [-0.4, -0.2) is 18.9 Å². The van der Waals surface area contributed by atoms with Gasteiger partial charge in [-0.25, -0.2) is 4.39 Å². The van der Waals surface area contributed by atoms with Gasteiger partial charge in [-0.2, -0.15) is 0 Å². The molecular weight excluding hydrogens is 247 g/mol. The summed E-state index contributed by atoms with van der Waals surface area (Å²) in [7, 11) is 1.24. The third kappa shape index (κ3) is 3.27. The van der Waals surface area contributed by atoms with Gasteiger partial charge in [-0.1, -0.05) is 24.6 Å². The molecular formula is C12H12ClFO3. The lowest BCUT2D eigenvalue weighted by Gasteiger charge is -2.09. The van der Waals surface area contributed by atoms with Crippen LogP contribution < -0.4 is 0 Å². The van der Waals surface area contributed by atoms with Gasteiger partial charge in [0.25, 0.3) is 0 Å². The molecule has 92 valence electrons. The summed E-state index contributed by atoms with van der Waals surface area (Å²) >= 11 is 5.74. The van der Waals surface area contributed by atoms with E-state index in [4.69, 9.17) is 11.6 Å². The first-order valence-corrected chi connectivity index (χ1v) is 5.40. The molecule has 0 heterocycles. The lowest BCUT2D eigenvalue weighted by molar-refractivity contribution is -0.144. The van der Waals surface area contributed by atoms with E-state index < -0.39 is 23.5 Å². The van der Waals surface area contributed by atoms with Gasteiger partial charge in [0.1, 0.15) is 5.82 Å². The zero-order valence-corrected chi connectivity index (χ0v) is 10.3. The molecule has 3 nitrogen and oxygen atoms in total. The van der Waals surface area contributed by atoms with E-state index in [1.165, 1.54) is 19.2 Å². The molecule has 0 aromatic heterocycles. The Balaban J connectivity index is 2.87. The Morgan fingerprint density at radius 3 is 2.65 bits per heavy atom. The van der Waals surface area contributed by atoms with E-state index in [1.54, 1.807) is 6.92 Å². The third-order valence-electron chi connectivity index (χ3n) is 2.34. The fourth-order valence-electron chi connectivity index (χ4n) is 1.43. The molecule has 0 amide bonds. The van der Waals surface area contributed by atoms with Crippen molar-refractivity contribution >= 4 is 23.4 Å². The maximum absolute atomic E-state index is 13.4. The Morgan fingerprint density at radius 1 is 1.47 bits per heavy atom. The lowest BCUT2D eigenvalue weighted by atomic mass is 9.99. The number of Topliss-reactive ketones (excluding diaryl/α,β-unsaturated/α-hetero) is 1. The van der Waals surface area contributed by atoms with Gasteiger partial charge in [-0.05, 0) is 12.1 Å². The third-order valence-corrected chi connectivity index (χ3v) is 2.65. The molecule has 0 N–H and O–H groups in total. The Kier molecular flexibility index (Phi) is 4.63.